The molecule has 0 N–H and O–H groups in total. The molecule has 1 aromatic carbocycles. The van der Waals surface area contributed by atoms with E-state index in [1.807, 2.05) is 32.0 Å². The summed E-state index contributed by atoms with van der Waals surface area (Å²) in [4.78, 5) is 9.86. The van der Waals surface area contributed by atoms with Gasteiger partial charge in [0.2, 0.25) is 5.79 Å². The maximum absolute atomic E-state index is 6.43. The summed E-state index contributed by atoms with van der Waals surface area (Å²) in [5.74, 6) is -0.866. The first-order valence-electron chi connectivity index (χ1n) is 7.85. The average Bonchev–Trinajstić information content (AvgIpc) is 2.57. The van der Waals surface area contributed by atoms with E-state index >= 15 is 0 Å². The third-order valence-corrected chi connectivity index (χ3v) is 4.56. The fourth-order valence-corrected chi connectivity index (χ4v) is 2.74. The number of hydrogen-bond acceptors (Lipinski definition) is 4. The highest BCUT2D eigenvalue weighted by Gasteiger charge is 2.32. The van der Waals surface area contributed by atoms with Crippen molar-refractivity contribution in [2.24, 2.45) is 5.16 Å². The zero-order chi connectivity index (χ0) is 18.7. The van der Waals surface area contributed by atoms with Gasteiger partial charge in [-0.05, 0) is 37.6 Å². The van der Waals surface area contributed by atoms with Crippen molar-refractivity contribution in [3.05, 3.63) is 63.9 Å². The lowest BCUT2D eigenvalue weighted by atomic mass is 9.78. The molecular formula is C19H22Cl2N2O2. The molecule has 1 heterocycles. The molecule has 0 saturated carbocycles. The smallest absolute Gasteiger partial charge is 0.230 e. The van der Waals surface area contributed by atoms with Crippen LogP contribution >= 0.6 is 23.2 Å². The van der Waals surface area contributed by atoms with E-state index < -0.39 is 11.2 Å². The molecule has 6 heteroatoms. The number of oxime groups is 1. The van der Waals surface area contributed by atoms with Crippen LogP contribution in [0.4, 0.5) is 0 Å². The minimum absolute atomic E-state index is 0.502. The van der Waals surface area contributed by atoms with Gasteiger partial charge in [-0.2, -0.15) is 0 Å². The summed E-state index contributed by atoms with van der Waals surface area (Å²) in [5.41, 5.74) is 1.88. The Morgan fingerprint density at radius 3 is 2.40 bits per heavy atom. The Labute approximate surface area is 158 Å². The number of rotatable bonds is 6. The van der Waals surface area contributed by atoms with E-state index in [4.69, 9.17) is 32.8 Å². The van der Waals surface area contributed by atoms with Crippen molar-refractivity contribution in [3.63, 3.8) is 0 Å². The lowest BCUT2D eigenvalue weighted by molar-refractivity contribution is -0.197. The van der Waals surface area contributed by atoms with Gasteiger partial charge in [-0.15, -0.1) is 0 Å². The van der Waals surface area contributed by atoms with Crippen LogP contribution in [0, 0.1) is 0 Å². The number of pyridine rings is 1. The van der Waals surface area contributed by atoms with E-state index in [0.717, 1.165) is 11.1 Å². The second-order valence-electron chi connectivity index (χ2n) is 6.63. The van der Waals surface area contributed by atoms with E-state index in [-0.39, 0.29) is 0 Å². The fraction of sp³-hybridized carbons (Fsp3) is 0.368. The molecular weight excluding hydrogens is 359 g/mol. The molecule has 1 aromatic heterocycles. The van der Waals surface area contributed by atoms with Gasteiger partial charge in [0.15, 0.2) is 0 Å². The molecule has 0 aliphatic carbocycles. The molecule has 134 valence electrons. The Kier molecular flexibility index (Phi) is 6.09. The SMILES string of the molecule is COC(C)(C)ON=C(c1ccc(Cl)cc1Cl)C(C)(C)c1cccnc1. The van der Waals surface area contributed by atoms with Gasteiger partial charge in [-0.1, -0.05) is 40.5 Å². The van der Waals surface area contributed by atoms with Crippen molar-refractivity contribution < 1.29 is 9.57 Å². The molecule has 0 spiro atoms. The molecule has 0 saturated heterocycles. The maximum Gasteiger partial charge on any atom is 0.230 e. The van der Waals surface area contributed by atoms with Gasteiger partial charge in [0.25, 0.3) is 0 Å². The molecule has 0 amide bonds. The summed E-state index contributed by atoms with van der Waals surface area (Å²) >= 11 is 12.5. The van der Waals surface area contributed by atoms with Crippen molar-refractivity contribution >= 4 is 28.9 Å². The Morgan fingerprint density at radius 2 is 1.84 bits per heavy atom. The molecule has 2 aromatic rings. The van der Waals surface area contributed by atoms with Crippen LogP contribution < -0.4 is 0 Å². The second-order valence-corrected chi connectivity index (χ2v) is 7.47. The third kappa shape index (κ3) is 4.72. The van der Waals surface area contributed by atoms with Crippen LogP contribution in [-0.2, 0) is 15.0 Å². The van der Waals surface area contributed by atoms with Crippen LogP contribution in [0.1, 0.15) is 38.8 Å². The number of benzene rings is 1. The van der Waals surface area contributed by atoms with E-state index in [0.29, 0.717) is 15.8 Å². The fourth-order valence-electron chi connectivity index (χ4n) is 2.24. The third-order valence-electron chi connectivity index (χ3n) is 4.01. The molecule has 0 radical (unpaired) electrons. The Morgan fingerprint density at radius 1 is 1.12 bits per heavy atom. The summed E-state index contributed by atoms with van der Waals surface area (Å²) in [7, 11) is 1.57. The van der Waals surface area contributed by atoms with Crippen molar-refractivity contribution in [2.45, 2.75) is 38.9 Å². The van der Waals surface area contributed by atoms with Gasteiger partial charge in [0.1, 0.15) is 0 Å². The van der Waals surface area contributed by atoms with Crippen molar-refractivity contribution in [2.75, 3.05) is 7.11 Å². The maximum atomic E-state index is 6.43. The van der Waals surface area contributed by atoms with E-state index in [2.05, 4.69) is 10.1 Å². The summed E-state index contributed by atoms with van der Waals surface area (Å²) in [6.45, 7) is 7.65. The summed E-state index contributed by atoms with van der Waals surface area (Å²) < 4.78 is 5.30. The number of halogens is 2. The van der Waals surface area contributed by atoms with E-state index in [1.54, 1.807) is 45.5 Å². The first-order chi connectivity index (χ1) is 11.7. The van der Waals surface area contributed by atoms with Crippen molar-refractivity contribution in [1.29, 1.82) is 0 Å². The molecule has 25 heavy (non-hydrogen) atoms. The second kappa shape index (κ2) is 7.73. The van der Waals surface area contributed by atoms with Gasteiger partial charge in [-0.3, -0.25) is 4.98 Å². The lowest BCUT2D eigenvalue weighted by Crippen LogP contribution is -2.33. The van der Waals surface area contributed by atoms with E-state index in [9.17, 15) is 0 Å². The van der Waals surface area contributed by atoms with Gasteiger partial charge < -0.3 is 9.57 Å². The summed E-state index contributed by atoms with van der Waals surface area (Å²) in [6, 6.07) is 9.19. The van der Waals surface area contributed by atoms with Gasteiger partial charge in [0.05, 0.1) is 10.7 Å². The molecule has 0 aliphatic rings. The van der Waals surface area contributed by atoms with Crippen LogP contribution in [0.15, 0.2) is 47.9 Å². The standard InChI is InChI=1S/C19H22Cl2N2O2/c1-18(2,13-7-6-10-22-12-13)17(23-25-19(3,4)24-5)15-9-8-14(20)11-16(15)21/h6-12H,1-5H3. The van der Waals surface area contributed by atoms with Gasteiger partial charge in [0, 0.05) is 49.4 Å². The van der Waals surface area contributed by atoms with Crippen LogP contribution in [0.5, 0.6) is 0 Å². The highest BCUT2D eigenvalue weighted by Crippen LogP contribution is 2.32. The molecule has 4 nitrogen and oxygen atoms in total. The normalized spacial score (nSPS) is 13.0. The van der Waals surface area contributed by atoms with Crippen LogP contribution in [0.3, 0.4) is 0 Å². The quantitative estimate of drug-likeness (QED) is 0.379. The predicted molar refractivity (Wildman–Crippen MR) is 102 cm³/mol. The summed E-state index contributed by atoms with van der Waals surface area (Å²) in [6.07, 6.45) is 3.54. The predicted octanol–water partition coefficient (Wildman–Crippen LogP) is 5.47. The molecule has 0 aliphatic heterocycles. The van der Waals surface area contributed by atoms with E-state index in [1.165, 1.54) is 0 Å². The molecule has 0 fully saturated rings. The zero-order valence-electron chi connectivity index (χ0n) is 15.0. The minimum Gasteiger partial charge on any atom is -0.361 e. The Hall–Kier alpha value is -1.62. The molecule has 0 atom stereocenters. The minimum atomic E-state index is -0.866. The Balaban J connectivity index is 2.58. The van der Waals surface area contributed by atoms with Gasteiger partial charge in [-0.25, -0.2) is 0 Å². The monoisotopic (exact) mass is 380 g/mol. The topological polar surface area (TPSA) is 43.7 Å². The molecule has 2 rings (SSSR count). The van der Waals surface area contributed by atoms with Crippen molar-refractivity contribution in [3.8, 4) is 0 Å². The first-order valence-corrected chi connectivity index (χ1v) is 8.61. The highest BCUT2D eigenvalue weighted by molar-refractivity contribution is 6.37. The van der Waals surface area contributed by atoms with Crippen LogP contribution in [0.25, 0.3) is 0 Å². The first kappa shape index (κ1) is 19.7. The van der Waals surface area contributed by atoms with Crippen molar-refractivity contribution in [1.82, 2.24) is 4.98 Å². The summed E-state index contributed by atoms with van der Waals surface area (Å²) in [5, 5.41) is 5.47. The molecule has 0 bridgehead atoms. The number of ether oxygens (including phenoxy) is 1. The lowest BCUT2D eigenvalue weighted by Gasteiger charge is -2.29. The number of hydrogen-bond donors (Lipinski definition) is 0. The largest absolute Gasteiger partial charge is 0.361 e. The highest BCUT2D eigenvalue weighted by atomic mass is 35.5. The number of aromatic nitrogens is 1. The number of nitrogens with zero attached hydrogens (tertiary/aromatic N) is 2. The van der Waals surface area contributed by atoms with Crippen LogP contribution in [0.2, 0.25) is 10.0 Å². The zero-order valence-corrected chi connectivity index (χ0v) is 16.5. The average molecular weight is 381 g/mol. The number of methoxy groups -OCH3 is 1. The van der Waals surface area contributed by atoms with Crippen LogP contribution in [-0.4, -0.2) is 23.6 Å². The molecule has 0 unspecified atom stereocenters. The van der Waals surface area contributed by atoms with Gasteiger partial charge >= 0.3 is 0 Å². The Bertz CT molecular complexity index is 759.